The van der Waals surface area contributed by atoms with Crippen molar-refractivity contribution in [3.8, 4) is 5.75 Å². The van der Waals surface area contributed by atoms with Crippen LogP contribution in [0.4, 0.5) is 18.9 Å². The number of nitrogens with zero attached hydrogens (tertiary/aromatic N) is 3. The van der Waals surface area contributed by atoms with Gasteiger partial charge in [-0.25, -0.2) is 0 Å². The van der Waals surface area contributed by atoms with Crippen molar-refractivity contribution in [1.82, 2.24) is 9.80 Å². The first kappa shape index (κ1) is 25.9. The Kier molecular flexibility index (Phi) is 7.36. The molecule has 0 aromatic heterocycles. The molecule has 0 aliphatic carbocycles. The third-order valence-electron chi connectivity index (χ3n) is 7.59. The fraction of sp³-hybridized carbons (Fsp3) is 0.536. The van der Waals surface area contributed by atoms with Crippen molar-refractivity contribution < 1.29 is 27.4 Å². The first-order valence-corrected chi connectivity index (χ1v) is 13.0. The summed E-state index contributed by atoms with van der Waals surface area (Å²) in [5.41, 5.74) is 0.742. The SMILES string of the molecule is C[C@@H]1CN(C(=O)[C@@H]2Cc3cc(C(F)(F)F)ccc3N3CCN(CCOc4ccccc4)C[C@@H]23)C[C@@H](C)O1. The molecule has 37 heavy (non-hydrogen) atoms. The van der Waals surface area contributed by atoms with Gasteiger partial charge in [-0.15, -0.1) is 0 Å². The van der Waals surface area contributed by atoms with Crippen molar-refractivity contribution in [2.75, 3.05) is 50.8 Å². The summed E-state index contributed by atoms with van der Waals surface area (Å²) >= 11 is 0. The molecule has 9 heteroatoms. The Morgan fingerprint density at radius 2 is 1.76 bits per heavy atom. The summed E-state index contributed by atoms with van der Waals surface area (Å²) in [4.78, 5) is 20.2. The van der Waals surface area contributed by atoms with E-state index >= 15 is 0 Å². The zero-order chi connectivity index (χ0) is 26.2. The summed E-state index contributed by atoms with van der Waals surface area (Å²) in [6.07, 6.45) is -4.27. The number of fused-ring (bicyclic) bond motifs is 3. The Morgan fingerprint density at radius 1 is 1.03 bits per heavy atom. The molecule has 2 aromatic carbocycles. The van der Waals surface area contributed by atoms with Crippen molar-refractivity contribution in [1.29, 1.82) is 0 Å². The monoisotopic (exact) mass is 517 g/mol. The maximum Gasteiger partial charge on any atom is 0.416 e. The number of para-hydroxylation sites is 1. The standard InChI is InChI=1S/C28H34F3N3O3/c1-19-16-33(17-20(2)37-19)27(35)24-15-21-14-22(28(29,30)31)8-9-25(21)34-11-10-32(18-26(24)34)12-13-36-23-6-4-3-5-7-23/h3-9,14,19-20,24,26H,10-13,15-18H2,1-2H3/t19-,20-,24-,26+/m1/s1. The molecular weight excluding hydrogens is 483 g/mol. The van der Waals surface area contributed by atoms with Crippen molar-refractivity contribution in [3.63, 3.8) is 0 Å². The summed E-state index contributed by atoms with van der Waals surface area (Å²) in [6.45, 7) is 8.18. The van der Waals surface area contributed by atoms with Crippen molar-refractivity contribution in [2.24, 2.45) is 5.92 Å². The predicted octanol–water partition coefficient (Wildman–Crippen LogP) is 4.08. The summed E-state index contributed by atoms with van der Waals surface area (Å²) in [6, 6.07) is 13.5. The topological polar surface area (TPSA) is 45.3 Å². The van der Waals surface area contributed by atoms with E-state index in [-0.39, 0.29) is 24.2 Å². The van der Waals surface area contributed by atoms with Gasteiger partial charge in [-0.1, -0.05) is 18.2 Å². The molecule has 0 unspecified atom stereocenters. The number of hydrogen-bond donors (Lipinski definition) is 0. The number of rotatable bonds is 5. The molecule has 4 atom stereocenters. The predicted molar refractivity (Wildman–Crippen MR) is 135 cm³/mol. The Balaban J connectivity index is 1.37. The minimum atomic E-state index is -4.42. The molecule has 5 rings (SSSR count). The van der Waals surface area contributed by atoms with Crippen LogP contribution in [0.5, 0.6) is 5.75 Å². The van der Waals surface area contributed by atoms with Crippen LogP contribution < -0.4 is 9.64 Å². The van der Waals surface area contributed by atoms with Gasteiger partial charge in [-0.2, -0.15) is 13.2 Å². The van der Waals surface area contributed by atoms with Gasteiger partial charge in [0, 0.05) is 45.0 Å². The number of morpholine rings is 1. The van der Waals surface area contributed by atoms with Gasteiger partial charge in [-0.05, 0) is 56.2 Å². The van der Waals surface area contributed by atoms with Gasteiger partial charge in [0.1, 0.15) is 12.4 Å². The van der Waals surface area contributed by atoms with Gasteiger partial charge in [0.2, 0.25) is 5.91 Å². The van der Waals surface area contributed by atoms with Gasteiger partial charge in [0.25, 0.3) is 0 Å². The van der Waals surface area contributed by atoms with Crippen LogP contribution in [0.1, 0.15) is 25.0 Å². The maximum atomic E-state index is 13.9. The van der Waals surface area contributed by atoms with Crippen molar-refractivity contribution in [3.05, 3.63) is 59.7 Å². The highest BCUT2D eigenvalue weighted by atomic mass is 19.4. The molecule has 0 bridgehead atoms. The second-order valence-corrected chi connectivity index (χ2v) is 10.4. The minimum absolute atomic E-state index is 0.00227. The van der Waals surface area contributed by atoms with E-state index in [0.29, 0.717) is 51.3 Å². The molecule has 0 radical (unpaired) electrons. The number of piperazine rings is 1. The third-order valence-corrected chi connectivity index (χ3v) is 7.59. The van der Waals surface area contributed by atoms with E-state index in [1.807, 2.05) is 49.1 Å². The average molecular weight is 518 g/mol. The molecule has 0 spiro atoms. The van der Waals surface area contributed by atoms with E-state index in [9.17, 15) is 18.0 Å². The van der Waals surface area contributed by atoms with E-state index in [1.54, 1.807) is 6.07 Å². The molecule has 0 N–H and O–H groups in total. The minimum Gasteiger partial charge on any atom is -0.492 e. The maximum absolute atomic E-state index is 13.9. The molecule has 2 fully saturated rings. The number of alkyl halides is 3. The molecule has 200 valence electrons. The van der Waals surface area contributed by atoms with E-state index in [4.69, 9.17) is 9.47 Å². The molecule has 1 amide bonds. The van der Waals surface area contributed by atoms with Crippen LogP contribution in [0.2, 0.25) is 0 Å². The van der Waals surface area contributed by atoms with Crippen LogP contribution in [0, 0.1) is 5.92 Å². The van der Waals surface area contributed by atoms with Crippen LogP contribution in [0.3, 0.4) is 0 Å². The number of carbonyl (C=O) groups excluding carboxylic acids is 1. The number of carbonyl (C=O) groups is 1. The molecule has 6 nitrogen and oxygen atoms in total. The van der Waals surface area contributed by atoms with Crippen LogP contribution in [-0.2, 0) is 22.1 Å². The number of hydrogen-bond acceptors (Lipinski definition) is 5. The number of benzene rings is 2. The summed E-state index contributed by atoms with van der Waals surface area (Å²) in [7, 11) is 0. The molecule has 3 aliphatic rings. The van der Waals surface area contributed by atoms with E-state index in [0.717, 1.165) is 24.0 Å². The average Bonchev–Trinajstić information content (AvgIpc) is 2.87. The van der Waals surface area contributed by atoms with Crippen LogP contribution in [-0.4, -0.2) is 79.8 Å². The fourth-order valence-corrected chi connectivity index (χ4v) is 5.95. The number of ether oxygens (including phenoxy) is 2. The number of anilines is 1. The van der Waals surface area contributed by atoms with Gasteiger partial charge >= 0.3 is 6.18 Å². The van der Waals surface area contributed by atoms with Gasteiger partial charge in [-0.3, -0.25) is 9.69 Å². The first-order valence-electron chi connectivity index (χ1n) is 13.0. The molecule has 2 aromatic rings. The lowest BCUT2D eigenvalue weighted by Crippen LogP contribution is -2.62. The highest BCUT2D eigenvalue weighted by Crippen LogP contribution is 2.40. The molecule has 3 heterocycles. The van der Waals surface area contributed by atoms with Gasteiger partial charge < -0.3 is 19.3 Å². The molecule has 2 saturated heterocycles. The van der Waals surface area contributed by atoms with Crippen molar-refractivity contribution in [2.45, 2.75) is 44.7 Å². The zero-order valence-electron chi connectivity index (χ0n) is 21.3. The van der Waals surface area contributed by atoms with Gasteiger partial charge in [0.05, 0.1) is 29.7 Å². The summed E-state index contributed by atoms with van der Waals surface area (Å²) in [5.74, 6) is 0.394. The Morgan fingerprint density at radius 3 is 2.46 bits per heavy atom. The largest absolute Gasteiger partial charge is 0.492 e. The second-order valence-electron chi connectivity index (χ2n) is 10.4. The third kappa shape index (κ3) is 5.72. The van der Waals surface area contributed by atoms with Crippen molar-refractivity contribution >= 4 is 11.6 Å². The lowest BCUT2D eigenvalue weighted by atomic mass is 9.82. The van der Waals surface area contributed by atoms with Crippen LogP contribution in [0.25, 0.3) is 0 Å². The highest BCUT2D eigenvalue weighted by molar-refractivity contribution is 5.82. The second kappa shape index (κ2) is 10.5. The zero-order valence-corrected chi connectivity index (χ0v) is 21.3. The summed E-state index contributed by atoms with van der Waals surface area (Å²) in [5, 5.41) is 0. The fourth-order valence-electron chi connectivity index (χ4n) is 5.95. The van der Waals surface area contributed by atoms with Crippen LogP contribution in [0.15, 0.2) is 48.5 Å². The lowest BCUT2D eigenvalue weighted by Gasteiger charge is -2.50. The Hall–Kier alpha value is -2.78. The molecule has 3 aliphatic heterocycles. The Bertz CT molecular complexity index is 1090. The Labute approximate surface area is 215 Å². The number of halogens is 3. The number of amides is 1. The molecule has 0 saturated carbocycles. The first-order chi connectivity index (χ1) is 17.7. The van der Waals surface area contributed by atoms with E-state index in [2.05, 4.69) is 9.80 Å². The normalized spacial score (nSPS) is 26.4. The van der Waals surface area contributed by atoms with E-state index in [1.165, 1.54) is 6.07 Å². The quantitative estimate of drug-likeness (QED) is 0.598. The van der Waals surface area contributed by atoms with E-state index < -0.39 is 17.7 Å². The summed E-state index contributed by atoms with van der Waals surface area (Å²) < 4.78 is 52.2. The lowest BCUT2D eigenvalue weighted by molar-refractivity contribution is -0.148. The van der Waals surface area contributed by atoms with Gasteiger partial charge in [0.15, 0.2) is 0 Å². The van der Waals surface area contributed by atoms with Crippen LogP contribution >= 0.6 is 0 Å². The highest BCUT2D eigenvalue weighted by Gasteiger charge is 2.44. The molecular formula is C28H34F3N3O3. The smallest absolute Gasteiger partial charge is 0.416 e.